The average molecular weight is 217 g/mol. The second-order valence-electron chi connectivity index (χ2n) is 2.90. The number of rotatable bonds is 2. The molecule has 2 nitrogen and oxygen atoms in total. The number of carbonyl (C=O) groups is 1. The maximum absolute atomic E-state index is 10.1. The Balaban J connectivity index is 0. The predicted octanol–water partition coefficient (Wildman–Crippen LogP) is 1.30. The third-order valence-electron chi connectivity index (χ3n) is 0.657. The van der Waals surface area contributed by atoms with Gasteiger partial charge >= 0.3 is 65.2 Å². The molecule has 4 heteroatoms. The van der Waals surface area contributed by atoms with E-state index in [2.05, 4.69) is 0 Å². The number of aldehydes is 1. The first kappa shape index (κ1) is 13.2. The molecule has 1 atom stereocenters. The molecule has 0 saturated heterocycles. The van der Waals surface area contributed by atoms with E-state index in [4.69, 9.17) is 4.74 Å². The predicted molar refractivity (Wildman–Crippen MR) is 37.9 cm³/mol. The molecule has 57 valence electrons. The molecule has 0 bridgehead atoms. The van der Waals surface area contributed by atoms with Crippen LogP contribution in [0.3, 0.4) is 0 Å². The molecule has 0 aromatic carbocycles. The van der Waals surface area contributed by atoms with Crippen LogP contribution < -0.4 is 0 Å². The molecule has 0 aromatic heterocycles. The molecule has 0 aliphatic carbocycles. The second kappa shape index (κ2) is 5.23. The van der Waals surface area contributed by atoms with Crippen LogP contribution in [0.4, 0.5) is 0 Å². The molecule has 0 saturated carbocycles. The van der Waals surface area contributed by atoms with E-state index in [1.807, 2.05) is 20.8 Å². The van der Waals surface area contributed by atoms with Gasteiger partial charge in [-0.2, -0.15) is 0 Å². The SMILES string of the molecule is CC(C)(C)O[CH]([Zn])C=O.Cl. The molecular formula is C6H12ClO2Zn. The van der Waals surface area contributed by atoms with Crippen LogP contribution in [0, 0.1) is 0 Å². The van der Waals surface area contributed by atoms with Gasteiger partial charge in [0.2, 0.25) is 0 Å². The third-order valence-corrected chi connectivity index (χ3v) is 1.41. The van der Waals surface area contributed by atoms with Crippen molar-refractivity contribution in [3.8, 4) is 0 Å². The summed E-state index contributed by atoms with van der Waals surface area (Å²) in [6.45, 7) is 5.83. The Morgan fingerprint density at radius 1 is 1.50 bits per heavy atom. The molecular weight excluding hydrogens is 205 g/mol. The van der Waals surface area contributed by atoms with Gasteiger partial charge in [0, 0.05) is 0 Å². The summed E-state index contributed by atoms with van der Waals surface area (Å²) >= 11 is 0.876. The quantitative estimate of drug-likeness (QED) is 0.514. The van der Waals surface area contributed by atoms with Crippen molar-refractivity contribution in [1.29, 1.82) is 0 Å². The molecule has 10 heavy (non-hydrogen) atoms. The number of ether oxygens (including phenoxy) is 1. The van der Waals surface area contributed by atoms with Crippen molar-refractivity contribution >= 4 is 18.7 Å². The van der Waals surface area contributed by atoms with E-state index in [0.717, 1.165) is 24.6 Å². The van der Waals surface area contributed by atoms with E-state index in [9.17, 15) is 4.79 Å². The summed E-state index contributed by atoms with van der Waals surface area (Å²) in [5.41, 5.74) is -0.177. The van der Waals surface area contributed by atoms with Gasteiger partial charge in [-0.05, 0) is 0 Å². The summed E-state index contributed by atoms with van der Waals surface area (Å²) in [5, 5.41) is 0. The van der Waals surface area contributed by atoms with E-state index in [0.29, 0.717) is 0 Å². The zero-order chi connectivity index (χ0) is 7.49. The van der Waals surface area contributed by atoms with Gasteiger partial charge in [0.25, 0.3) is 0 Å². The van der Waals surface area contributed by atoms with Crippen molar-refractivity contribution in [2.24, 2.45) is 0 Å². The van der Waals surface area contributed by atoms with Crippen LogP contribution in [-0.2, 0) is 27.8 Å². The van der Waals surface area contributed by atoms with Gasteiger partial charge in [0.15, 0.2) is 0 Å². The van der Waals surface area contributed by atoms with Crippen molar-refractivity contribution in [1.82, 2.24) is 0 Å². The Morgan fingerprint density at radius 2 is 1.90 bits per heavy atom. The van der Waals surface area contributed by atoms with Crippen LogP contribution in [-0.4, -0.2) is 16.6 Å². The Morgan fingerprint density at radius 3 is 2.00 bits per heavy atom. The molecule has 0 N–H and O–H groups in total. The van der Waals surface area contributed by atoms with Gasteiger partial charge < -0.3 is 0 Å². The van der Waals surface area contributed by atoms with Crippen molar-refractivity contribution in [2.45, 2.75) is 31.1 Å². The maximum Gasteiger partial charge on any atom is -0.147 e. The van der Waals surface area contributed by atoms with E-state index in [-0.39, 0.29) is 22.7 Å². The minimum Gasteiger partial charge on any atom is -0.147 e. The number of carbonyl (C=O) groups excluding carboxylic acids is 1. The topological polar surface area (TPSA) is 26.3 Å². The van der Waals surface area contributed by atoms with E-state index < -0.39 is 0 Å². The zero-order valence-electron chi connectivity index (χ0n) is 6.59. The van der Waals surface area contributed by atoms with Crippen molar-refractivity contribution in [2.75, 3.05) is 0 Å². The van der Waals surface area contributed by atoms with Crippen LogP contribution in [0.5, 0.6) is 0 Å². The monoisotopic (exact) mass is 215 g/mol. The summed E-state index contributed by atoms with van der Waals surface area (Å²) < 4.78 is 5.11. The van der Waals surface area contributed by atoms with Gasteiger partial charge in [-0.1, -0.05) is 0 Å². The first-order chi connectivity index (χ1) is 3.95. The van der Waals surface area contributed by atoms with Crippen LogP contribution in [0.15, 0.2) is 0 Å². The minimum atomic E-state index is -0.177. The van der Waals surface area contributed by atoms with E-state index >= 15 is 0 Å². The number of hydrogen-bond donors (Lipinski definition) is 0. The van der Waals surface area contributed by atoms with Crippen LogP contribution >= 0.6 is 12.4 Å². The van der Waals surface area contributed by atoms with Crippen molar-refractivity contribution < 1.29 is 27.8 Å². The van der Waals surface area contributed by atoms with E-state index in [1.165, 1.54) is 0 Å². The molecule has 1 unspecified atom stereocenters. The molecule has 0 fully saturated rings. The van der Waals surface area contributed by atoms with Gasteiger partial charge in [0.1, 0.15) is 0 Å². The third kappa shape index (κ3) is 8.54. The maximum atomic E-state index is 10.1. The zero-order valence-corrected chi connectivity index (χ0v) is 10.4. The summed E-state index contributed by atoms with van der Waals surface area (Å²) in [7, 11) is 0. The average Bonchev–Trinajstić information content (AvgIpc) is 1.62. The summed E-state index contributed by atoms with van der Waals surface area (Å²) in [6, 6.07) is 0. The molecule has 0 radical (unpaired) electrons. The van der Waals surface area contributed by atoms with Crippen molar-refractivity contribution in [3.63, 3.8) is 0 Å². The molecule has 0 rings (SSSR count). The van der Waals surface area contributed by atoms with E-state index in [1.54, 1.807) is 0 Å². The standard InChI is InChI=1S/C6H11O2.ClH.Zn/c1-6(2,3)8-5-4-7;;/h4-5H,1-3H3;1H;. The molecule has 0 aliphatic rings. The summed E-state index contributed by atoms with van der Waals surface area (Å²) in [5.74, 6) is 0. The largest absolute Gasteiger partial charge is 0.147 e. The van der Waals surface area contributed by atoms with Gasteiger partial charge in [-0.25, -0.2) is 0 Å². The minimum absolute atomic E-state index is 0. The second-order valence-corrected chi connectivity index (χ2v) is 4.59. The number of halogens is 1. The fourth-order valence-electron chi connectivity index (χ4n) is 0.482. The van der Waals surface area contributed by atoms with Crippen molar-refractivity contribution in [3.05, 3.63) is 0 Å². The normalized spacial score (nSPS) is 13.7. The Kier molecular flexibility index (Phi) is 6.88. The van der Waals surface area contributed by atoms with Gasteiger partial charge in [-0.15, -0.1) is 12.4 Å². The Bertz CT molecular complexity index is 100. The fraction of sp³-hybridized carbons (Fsp3) is 0.833. The number of hydrogen-bond acceptors (Lipinski definition) is 2. The van der Waals surface area contributed by atoms with Crippen LogP contribution in [0.2, 0.25) is 0 Å². The Hall–Kier alpha value is 0.543. The summed E-state index contributed by atoms with van der Waals surface area (Å²) in [4.78, 5) is 10.1. The first-order valence-electron chi connectivity index (χ1n) is 2.92. The fourth-order valence-corrected chi connectivity index (χ4v) is 1.53. The molecule has 0 heterocycles. The molecule has 0 aromatic rings. The first-order valence-corrected chi connectivity index (χ1v) is 4.63. The molecule has 0 aliphatic heterocycles. The van der Waals surface area contributed by atoms with Crippen LogP contribution in [0.25, 0.3) is 0 Å². The molecule has 0 spiro atoms. The van der Waals surface area contributed by atoms with Gasteiger partial charge in [-0.3, -0.25) is 0 Å². The van der Waals surface area contributed by atoms with Crippen LogP contribution in [0.1, 0.15) is 20.8 Å². The Labute approximate surface area is 77.8 Å². The molecule has 0 amide bonds. The summed E-state index contributed by atoms with van der Waals surface area (Å²) in [6.07, 6.45) is 0.852. The van der Waals surface area contributed by atoms with Gasteiger partial charge in [0.05, 0.1) is 0 Å². The smallest absolute Gasteiger partial charge is 0.147 e.